The zero-order chi connectivity index (χ0) is 15.8. The fraction of sp³-hybridized carbons (Fsp3) is 0.786. The third kappa shape index (κ3) is 6.46. The van der Waals surface area contributed by atoms with Crippen molar-refractivity contribution in [3.05, 3.63) is 0 Å². The van der Waals surface area contributed by atoms with Crippen LogP contribution in [0.25, 0.3) is 0 Å². The number of carbonyl (C=O) groups is 3. The van der Waals surface area contributed by atoms with Crippen LogP contribution < -0.4 is 10.6 Å². The van der Waals surface area contributed by atoms with Gasteiger partial charge in [-0.3, -0.25) is 9.59 Å². The number of hydrogen-bond donors (Lipinski definition) is 3. The van der Waals surface area contributed by atoms with Gasteiger partial charge in [-0.2, -0.15) is 0 Å². The predicted octanol–water partition coefficient (Wildman–Crippen LogP) is 0.655. The lowest BCUT2D eigenvalue weighted by Gasteiger charge is -2.32. The van der Waals surface area contributed by atoms with Gasteiger partial charge in [-0.15, -0.1) is 0 Å². The molecule has 21 heavy (non-hydrogen) atoms. The number of nitrogens with zero attached hydrogens (tertiary/aromatic N) is 1. The standard InChI is InChI=1S/C14H25N3O4/c1-10(2)8-16-14(21)17-7-3-4-11(9-17)13(20)15-6-5-12(18)19/h10-11H,3-9H2,1-2H3,(H,15,20)(H,16,21)(H,18,19). The molecule has 1 fully saturated rings. The summed E-state index contributed by atoms with van der Waals surface area (Å²) in [6.45, 7) is 5.84. The van der Waals surface area contributed by atoms with E-state index in [1.54, 1.807) is 4.90 Å². The lowest BCUT2D eigenvalue weighted by atomic mass is 9.97. The Labute approximate surface area is 125 Å². The van der Waals surface area contributed by atoms with Crippen molar-refractivity contribution in [1.82, 2.24) is 15.5 Å². The summed E-state index contributed by atoms with van der Waals surface area (Å²) in [5.41, 5.74) is 0. The third-order valence-electron chi connectivity index (χ3n) is 3.38. The van der Waals surface area contributed by atoms with Gasteiger partial charge in [0.15, 0.2) is 0 Å². The van der Waals surface area contributed by atoms with Crippen molar-refractivity contribution < 1.29 is 19.5 Å². The Morgan fingerprint density at radius 1 is 1.29 bits per heavy atom. The summed E-state index contributed by atoms with van der Waals surface area (Å²) in [6.07, 6.45) is 1.43. The topological polar surface area (TPSA) is 98.7 Å². The van der Waals surface area contributed by atoms with Gasteiger partial charge < -0.3 is 20.6 Å². The van der Waals surface area contributed by atoms with Gasteiger partial charge in [0, 0.05) is 26.2 Å². The highest BCUT2D eigenvalue weighted by molar-refractivity contribution is 5.81. The molecule has 0 aromatic rings. The maximum absolute atomic E-state index is 12.0. The Hall–Kier alpha value is -1.79. The summed E-state index contributed by atoms with van der Waals surface area (Å²) < 4.78 is 0. The first-order chi connectivity index (χ1) is 9.90. The van der Waals surface area contributed by atoms with Crippen molar-refractivity contribution in [2.24, 2.45) is 11.8 Å². The zero-order valence-corrected chi connectivity index (χ0v) is 12.7. The van der Waals surface area contributed by atoms with Gasteiger partial charge in [0.1, 0.15) is 0 Å². The molecule has 3 amide bonds. The minimum Gasteiger partial charge on any atom is -0.481 e. The minimum absolute atomic E-state index is 0.0863. The highest BCUT2D eigenvalue weighted by Gasteiger charge is 2.28. The molecule has 0 saturated carbocycles. The number of carboxylic acid groups (broad SMARTS) is 1. The highest BCUT2D eigenvalue weighted by atomic mass is 16.4. The second-order valence-electron chi connectivity index (χ2n) is 5.80. The van der Waals surface area contributed by atoms with E-state index in [2.05, 4.69) is 10.6 Å². The van der Waals surface area contributed by atoms with Gasteiger partial charge in [0.05, 0.1) is 12.3 Å². The van der Waals surface area contributed by atoms with Crippen LogP contribution in [0.3, 0.4) is 0 Å². The van der Waals surface area contributed by atoms with Crippen LogP contribution in [0.4, 0.5) is 4.79 Å². The lowest BCUT2D eigenvalue weighted by molar-refractivity contribution is -0.137. The molecule has 1 heterocycles. The van der Waals surface area contributed by atoms with Crippen molar-refractivity contribution in [3.8, 4) is 0 Å². The van der Waals surface area contributed by atoms with Crippen molar-refractivity contribution in [2.75, 3.05) is 26.2 Å². The number of urea groups is 1. The first kappa shape index (κ1) is 17.3. The van der Waals surface area contributed by atoms with Crippen LogP contribution in [0, 0.1) is 11.8 Å². The third-order valence-corrected chi connectivity index (χ3v) is 3.38. The SMILES string of the molecule is CC(C)CNC(=O)N1CCCC(C(=O)NCCC(=O)O)C1. The van der Waals surface area contributed by atoms with Gasteiger partial charge >= 0.3 is 12.0 Å². The first-order valence-electron chi connectivity index (χ1n) is 7.42. The molecule has 1 unspecified atom stereocenters. The maximum Gasteiger partial charge on any atom is 0.317 e. The Morgan fingerprint density at radius 2 is 2.00 bits per heavy atom. The second kappa shape index (κ2) is 8.49. The summed E-state index contributed by atoms with van der Waals surface area (Å²) in [5.74, 6) is -0.975. The molecule has 7 heteroatoms. The first-order valence-corrected chi connectivity index (χ1v) is 7.42. The normalized spacial score (nSPS) is 18.4. The fourth-order valence-corrected chi connectivity index (χ4v) is 2.22. The van der Waals surface area contributed by atoms with Crippen LogP contribution in [0.5, 0.6) is 0 Å². The molecule has 120 valence electrons. The Morgan fingerprint density at radius 3 is 2.62 bits per heavy atom. The van der Waals surface area contributed by atoms with E-state index in [-0.39, 0.29) is 30.8 Å². The highest BCUT2D eigenvalue weighted by Crippen LogP contribution is 2.16. The quantitative estimate of drug-likeness (QED) is 0.671. The molecular weight excluding hydrogens is 274 g/mol. The number of aliphatic carboxylic acids is 1. The second-order valence-corrected chi connectivity index (χ2v) is 5.80. The average Bonchev–Trinajstić information content (AvgIpc) is 2.44. The van der Waals surface area contributed by atoms with Crippen LogP contribution in [0.15, 0.2) is 0 Å². The summed E-state index contributed by atoms with van der Waals surface area (Å²) in [5, 5.41) is 14.0. The molecule has 7 nitrogen and oxygen atoms in total. The van der Waals surface area contributed by atoms with Crippen LogP contribution in [-0.4, -0.2) is 54.1 Å². The van der Waals surface area contributed by atoms with E-state index < -0.39 is 5.97 Å². The number of rotatable bonds is 6. The fourth-order valence-electron chi connectivity index (χ4n) is 2.22. The number of likely N-dealkylation sites (tertiary alicyclic amines) is 1. The monoisotopic (exact) mass is 299 g/mol. The van der Waals surface area contributed by atoms with Gasteiger partial charge in [-0.25, -0.2) is 4.79 Å². The molecule has 1 aliphatic heterocycles. The minimum atomic E-state index is -0.936. The van der Waals surface area contributed by atoms with Crippen molar-refractivity contribution >= 4 is 17.9 Å². The molecule has 1 atom stereocenters. The summed E-state index contributed by atoms with van der Waals surface area (Å²) >= 11 is 0. The number of amides is 3. The van der Waals surface area contributed by atoms with Crippen molar-refractivity contribution in [1.29, 1.82) is 0 Å². The Kier molecular flexibility index (Phi) is 6.98. The van der Waals surface area contributed by atoms with E-state index >= 15 is 0 Å². The summed E-state index contributed by atoms with van der Waals surface area (Å²) in [6, 6.07) is -0.133. The molecule has 0 aliphatic carbocycles. The Balaban J connectivity index is 2.38. The zero-order valence-electron chi connectivity index (χ0n) is 12.7. The molecule has 3 N–H and O–H groups in total. The number of carbonyl (C=O) groups excluding carboxylic acids is 2. The molecule has 0 aromatic heterocycles. The number of carboxylic acids is 1. The van der Waals surface area contributed by atoms with Crippen LogP contribution in [0.2, 0.25) is 0 Å². The van der Waals surface area contributed by atoms with Gasteiger partial charge in [0.25, 0.3) is 0 Å². The molecule has 0 bridgehead atoms. The van der Waals surface area contributed by atoms with Gasteiger partial charge in [-0.1, -0.05) is 13.8 Å². The van der Waals surface area contributed by atoms with Gasteiger partial charge in [-0.05, 0) is 18.8 Å². The molecular formula is C14H25N3O4. The molecule has 1 rings (SSSR count). The lowest BCUT2D eigenvalue weighted by Crippen LogP contribution is -2.49. The molecule has 0 aromatic carbocycles. The van der Waals surface area contributed by atoms with E-state index in [4.69, 9.17) is 5.11 Å². The Bertz CT molecular complexity index is 384. The van der Waals surface area contributed by atoms with Crippen LogP contribution in [0.1, 0.15) is 33.1 Å². The summed E-state index contributed by atoms with van der Waals surface area (Å²) in [7, 11) is 0. The molecule has 1 aliphatic rings. The largest absolute Gasteiger partial charge is 0.481 e. The number of nitrogens with one attached hydrogen (secondary N) is 2. The van der Waals surface area contributed by atoms with Crippen LogP contribution in [-0.2, 0) is 9.59 Å². The molecule has 0 radical (unpaired) electrons. The van der Waals surface area contributed by atoms with Crippen molar-refractivity contribution in [3.63, 3.8) is 0 Å². The number of piperidine rings is 1. The van der Waals surface area contributed by atoms with Crippen molar-refractivity contribution in [2.45, 2.75) is 33.1 Å². The molecule has 0 spiro atoms. The predicted molar refractivity (Wildman–Crippen MR) is 77.8 cm³/mol. The maximum atomic E-state index is 12.0. The van der Waals surface area contributed by atoms with Crippen LogP contribution >= 0.6 is 0 Å². The average molecular weight is 299 g/mol. The van der Waals surface area contributed by atoms with E-state index in [9.17, 15) is 14.4 Å². The molecule has 1 saturated heterocycles. The van der Waals surface area contributed by atoms with E-state index in [0.29, 0.717) is 25.6 Å². The number of hydrogen-bond acceptors (Lipinski definition) is 3. The van der Waals surface area contributed by atoms with E-state index in [1.165, 1.54) is 0 Å². The van der Waals surface area contributed by atoms with E-state index in [0.717, 1.165) is 12.8 Å². The summed E-state index contributed by atoms with van der Waals surface area (Å²) in [4.78, 5) is 36.0. The van der Waals surface area contributed by atoms with Gasteiger partial charge in [0.2, 0.25) is 5.91 Å². The van der Waals surface area contributed by atoms with E-state index in [1.807, 2.05) is 13.8 Å². The smallest absolute Gasteiger partial charge is 0.317 e.